The number of rotatable bonds is 5. The minimum atomic E-state index is -0.284. The van der Waals surface area contributed by atoms with Crippen molar-refractivity contribution >= 4 is 18.1 Å². The molecule has 0 bridgehead atoms. The molecule has 5 nitrogen and oxygen atoms in total. The van der Waals surface area contributed by atoms with Crippen molar-refractivity contribution in [3.8, 4) is 0 Å². The average molecular weight is 262 g/mol. The van der Waals surface area contributed by atoms with Crippen molar-refractivity contribution < 1.29 is 4.79 Å². The molecule has 1 aromatic carbocycles. The summed E-state index contributed by atoms with van der Waals surface area (Å²) < 4.78 is 0. The van der Waals surface area contributed by atoms with Gasteiger partial charge in [-0.25, -0.2) is 4.79 Å². The summed E-state index contributed by atoms with van der Waals surface area (Å²) in [5.74, 6) is 0. The van der Waals surface area contributed by atoms with Crippen molar-refractivity contribution in [1.82, 2.24) is 10.3 Å². The van der Waals surface area contributed by atoms with Crippen molar-refractivity contribution in [2.24, 2.45) is 5.10 Å². The van der Waals surface area contributed by atoms with Crippen molar-refractivity contribution in [2.75, 3.05) is 18.4 Å². The standard InChI is InChI=1S/C14H22N4O/c1-5-18(6-2)16-10-15-14(19)17-13-11(3)8-7-9-12(13)4/h7-10H,5-6H2,1-4H3,(H2,15,16,17,19). The molecule has 0 aliphatic heterocycles. The Kier molecular flexibility index (Phi) is 5.85. The summed E-state index contributed by atoms with van der Waals surface area (Å²) in [6.45, 7) is 9.58. The van der Waals surface area contributed by atoms with Gasteiger partial charge in [0.1, 0.15) is 6.34 Å². The number of aryl methyl sites for hydroxylation is 2. The Morgan fingerprint density at radius 1 is 1.26 bits per heavy atom. The van der Waals surface area contributed by atoms with Crippen LogP contribution in [0.4, 0.5) is 10.5 Å². The summed E-state index contributed by atoms with van der Waals surface area (Å²) in [7, 11) is 0. The predicted molar refractivity (Wildman–Crippen MR) is 79.5 cm³/mol. The minimum Gasteiger partial charge on any atom is -0.307 e. The lowest BCUT2D eigenvalue weighted by Gasteiger charge is -2.13. The zero-order valence-corrected chi connectivity index (χ0v) is 12.0. The Balaban J connectivity index is 2.56. The summed E-state index contributed by atoms with van der Waals surface area (Å²) >= 11 is 0. The van der Waals surface area contributed by atoms with Crippen LogP contribution in [-0.2, 0) is 0 Å². The fourth-order valence-corrected chi connectivity index (χ4v) is 1.72. The second kappa shape index (κ2) is 7.41. The Labute approximate surface area is 114 Å². The summed E-state index contributed by atoms with van der Waals surface area (Å²) in [4.78, 5) is 11.7. The topological polar surface area (TPSA) is 56.7 Å². The second-order valence-corrected chi connectivity index (χ2v) is 4.25. The number of carbonyl (C=O) groups excluding carboxylic acids is 1. The van der Waals surface area contributed by atoms with Crippen LogP contribution in [0.2, 0.25) is 0 Å². The monoisotopic (exact) mass is 262 g/mol. The normalized spacial score (nSPS) is 10.5. The molecule has 0 aliphatic carbocycles. The molecule has 5 heteroatoms. The van der Waals surface area contributed by atoms with Gasteiger partial charge < -0.3 is 5.32 Å². The van der Waals surface area contributed by atoms with Gasteiger partial charge in [-0.15, -0.1) is 0 Å². The Bertz CT molecular complexity index is 433. The molecule has 2 amide bonds. The number of carbonyl (C=O) groups is 1. The third-order valence-corrected chi connectivity index (χ3v) is 2.87. The summed E-state index contributed by atoms with van der Waals surface area (Å²) in [5, 5.41) is 11.4. The van der Waals surface area contributed by atoms with Gasteiger partial charge >= 0.3 is 6.03 Å². The molecule has 0 aromatic heterocycles. The lowest BCUT2D eigenvalue weighted by molar-refractivity contribution is 0.256. The van der Waals surface area contributed by atoms with Gasteiger partial charge in [0.05, 0.1) is 0 Å². The molecule has 2 N–H and O–H groups in total. The van der Waals surface area contributed by atoms with Gasteiger partial charge in [0.25, 0.3) is 0 Å². The van der Waals surface area contributed by atoms with Crippen LogP contribution < -0.4 is 10.6 Å². The van der Waals surface area contributed by atoms with Gasteiger partial charge in [0.2, 0.25) is 0 Å². The van der Waals surface area contributed by atoms with Gasteiger partial charge in [-0.05, 0) is 38.8 Å². The number of nitrogens with one attached hydrogen (secondary N) is 2. The highest BCUT2D eigenvalue weighted by molar-refractivity contribution is 5.97. The lowest BCUT2D eigenvalue weighted by atomic mass is 10.1. The highest BCUT2D eigenvalue weighted by Gasteiger charge is 2.05. The predicted octanol–water partition coefficient (Wildman–Crippen LogP) is 2.71. The second-order valence-electron chi connectivity index (χ2n) is 4.25. The van der Waals surface area contributed by atoms with Crippen LogP contribution in [-0.4, -0.2) is 30.5 Å². The van der Waals surface area contributed by atoms with E-state index in [1.807, 2.05) is 50.9 Å². The van der Waals surface area contributed by atoms with E-state index in [0.717, 1.165) is 29.9 Å². The van der Waals surface area contributed by atoms with E-state index in [1.54, 1.807) is 0 Å². The van der Waals surface area contributed by atoms with Gasteiger partial charge in [0.15, 0.2) is 0 Å². The molecule has 0 fully saturated rings. The van der Waals surface area contributed by atoms with Gasteiger partial charge in [-0.1, -0.05) is 18.2 Å². The maximum Gasteiger partial charge on any atom is 0.324 e. The smallest absolute Gasteiger partial charge is 0.307 e. The molecular weight excluding hydrogens is 240 g/mol. The van der Waals surface area contributed by atoms with E-state index in [-0.39, 0.29) is 6.03 Å². The van der Waals surface area contributed by atoms with E-state index in [4.69, 9.17) is 0 Å². The van der Waals surface area contributed by atoms with Crippen molar-refractivity contribution in [3.63, 3.8) is 0 Å². The molecule has 0 saturated heterocycles. The number of amides is 2. The zero-order chi connectivity index (χ0) is 14.3. The Hall–Kier alpha value is -2.04. The molecule has 0 aliphatic rings. The maximum atomic E-state index is 11.7. The number of hydrogen-bond acceptors (Lipinski definition) is 3. The van der Waals surface area contributed by atoms with Crippen LogP contribution in [0.15, 0.2) is 23.3 Å². The SMILES string of the molecule is CCN(CC)N=CNC(=O)Nc1c(C)cccc1C. The molecule has 0 unspecified atom stereocenters. The van der Waals surface area contributed by atoms with E-state index in [0.29, 0.717) is 0 Å². The number of hydrogen-bond donors (Lipinski definition) is 2. The summed E-state index contributed by atoms with van der Waals surface area (Å²) in [6.07, 6.45) is 1.41. The van der Waals surface area contributed by atoms with Crippen LogP contribution in [0, 0.1) is 13.8 Å². The molecule has 0 saturated carbocycles. The molecule has 19 heavy (non-hydrogen) atoms. The number of urea groups is 1. The van der Waals surface area contributed by atoms with E-state index in [1.165, 1.54) is 6.34 Å². The van der Waals surface area contributed by atoms with Crippen molar-refractivity contribution in [3.05, 3.63) is 29.3 Å². The van der Waals surface area contributed by atoms with Crippen LogP contribution >= 0.6 is 0 Å². The van der Waals surface area contributed by atoms with Gasteiger partial charge in [-0.3, -0.25) is 10.3 Å². The third kappa shape index (κ3) is 4.62. The maximum absolute atomic E-state index is 11.7. The summed E-state index contributed by atoms with van der Waals surface area (Å²) in [6, 6.07) is 5.61. The van der Waals surface area contributed by atoms with Crippen LogP contribution in [0.25, 0.3) is 0 Å². The molecule has 0 radical (unpaired) electrons. The quantitative estimate of drug-likeness (QED) is 0.487. The number of benzene rings is 1. The Morgan fingerprint density at radius 2 is 1.84 bits per heavy atom. The number of para-hydroxylation sites is 1. The first kappa shape index (κ1) is 15.0. The molecule has 1 rings (SSSR count). The molecule has 0 heterocycles. The van der Waals surface area contributed by atoms with E-state index in [2.05, 4.69) is 15.7 Å². The highest BCUT2D eigenvalue weighted by atomic mass is 16.2. The highest BCUT2D eigenvalue weighted by Crippen LogP contribution is 2.18. The fraction of sp³-hybridized carbons (Fsp3) is 0.429. The first-order valence-electron chi connectivity index (χ1n) is 6.49. The average Bonchev–Trinajstić information content (AvgIpc) is 2.39. The van der Waals surface area contributed by atoms with Gasteiger partial charge in [-0.2, -0.15) is 5.10 Å². The molecule has 1 aromatic rings. The first-order chi connectivity index (χ1) is 9.08. The third-order valence-electron chi connectivity index (χ3n) is 2.87. The van der Waals surface area contributed by atoms with E-state index >= 15 is 0 Å². The van der Waals surface area contributed by atoms with Crippen molar-refractivity contribution in [2.45, 2.75) is 27.7 Å². The van der Waals surface area contributed by atoms with Crippen LogP contribution in [0.1, 0.15) is 25.0 Å². The van der Waals surface area contributed by atoms with E-state index in [9.17, 15) is 4.79 Å². The number of nitrogens with zero attached hydrogens (tertiary/aromatic N) is 2. The Morgan fingerprint density at radius 3 is 2.37 bits per heavy atom. The zero-order valence-electron chi connectivity index (χ0n) is 12.0. The first-order valence-corrected chi connectivity index (χ1v) is 6.49. The van der Waals surface area contributed by atoms with Crippen LogP contribution in [0.5, 0.6) is 0 Å². The number of hydrazone groups is 1. The molecule has 0 atom stereocenters. The minimum absolute atomic E-state index is 0.284. The van der Waals surface area contributed by atoms with Gasteiger partial charge in [0, 0.05) is 18.8 Å². The fourth-order valence-electron chi connectivity index (χ4n) is 1.72. The summed E-state index contributed by atoms with van der Waals surface area (Å²) in [5.41, 5.74) is 2.92. The molecular formula is C14H22N4O. The van der Waals surface area contributed by atoms with Crippen LogP contribution in [0.3, 0.4) is 0 Å². The largest absolute Gasteiger partial charge is 0.324 e. The lowest BCUT2D eigenvalue weighted by Crippen LogP contribution is -2.29. The molecule has 0 spiro atoms. The van der Waals surface area contributed by atoms with Crippen molar-refractivity contribution in [1.29, 1.82) is 0 Å². The molecule has 104 valence electrons. The van der Waals surface area contributed by atoms with E-state index < -0.39 is 0 Å². The number of anilines is 1.